The van der Waals surface area contributed by atoms with Gasteiger partial charge in [-0.1, -0.05) is 37.3 Å². The van der Waals surface area contributed by atoms with Crippen molar-refractivity contribution in [2.75, 3.05) is 18.1 Å². The Hall–Kier alpha value is -3.35. The lowest BCUT2D eigenvalue weighted by molar-refractivity contribution is -0.159. The standard InChI is InChI=1S/C24H28N2O5/c1-3-21(23(28)25-15-17-8-6-5-7-9-17)31-24(29)18-14-22(27)26(16-18)19-10-12-20(13-11-19)30-4-2/h5-13,18,21H,3-4,14-16H2,1-2H3,(H,25,28). The van der Waals surface area contributed by atoms with Crippen molar-refractivity contribution < 1.29 is 23.9 Å². The van der Waals surface area contributed by atoms with Gasteiger partial charge in [-0.25, -0.2) is 0 Å². The maximum atomic E-state index is 12.7. The van der Waals surface area contributed by atoms with Gasteiger partial charge in [0.15, 0.2) is 6.10 Å². The van der Waals surface area contributed by atoms with Crippen LogP contribution in [0.15, 0.2) is 54.6 Å². The van der Waals surface area contributed by atoms with Crippen LogP contribution in [0, 0.1) is 5.92 Å². The summed E-state index contributed by atoms with van der Waals surface area (Å²) in [6, 6.07) is 16.7. The molecule has 1 fully saturated rings. The minimum absolute atomic E-state index is 0.0636. The quantitative estimate of drug-likeness (QED) is 0.626. The minimum Gasteiger partial charge on any atom is -0.494 e. The fourth-order valence-corrected chi connectivity index (χ4v) is 3.46. The zero-order valence-corrected chi connectivity index (χ0v) is 17.9. The molecule has 31 heavy (non-hydrogen) atoms. The van der Waals surface area contributed by atoms with Crippen LogP contribution in [0.25, 0.3) is 0 Å². The van der Waals surface area contributed by atoms with Crippen LogP contribution in [0.1, 0.15) is 32.3 Å². The second-order valence-electron chi connectivity index (χ2n) is 7.37. The van der Waals surface area contributed by atoms with E-state index in [-0.39, 0.29) is 24.8 Å². The smallest absolute Gasteiger partial charge is 0.312 e. The van der Waals surface area contributed by atoms with E-state index < -0.39 is 18.0 Å². The lowest BCUT2D eigenvalue weighted by atomic mass is 10.1. The largest absolute Gasteiger partial charge is 0.494 e. The molecule has 0 radical (unpaired) electrons. The Morgan fingerprint density at radius 1 is 1.10 bits per heavy atom. The summed E-state index contributed by atoms with van der Waals surface area (Å²) in [6.45, 7) is 4.84. The summed E-state index contributed by atoms with van der Waals surface area (Å²) < 4.78 is 10.9. The van der Waals surface area contributed by atoms with Crippen molar-refractivity contribution in [1.82, 2.24) is 5.32 Å². The number of amides is 2. The average molecular weight is 424 g/mol. The molecule has 2 aromatic rings. The first-order valence-electron chi connectivity index (χ1n) is 10.6. The summed E-state index contributed by atoms with van der Waals surface area (Å²) in [6.07, 6.45) is -0.463. The van der Waals surface area contributed by atoms with E-state index in [0.29, 0.717) is 25.3 Å². The molecule has 7 nitrogen and oxygen atoms in total. The Morgan fingerprint density at radius 2 is 1.81 bits per heavy atom. The third-order valence-electron chi connectivity index (χ3n) is 5.15. The van der Waals surface area contributed by atoms with Gasteiger partial charge in [0.1, 0.15) is 5.75 Å². The molecule has 0 spiro atoms. The predicted octanol–water partition coefficient (Wildman–Crippen LogP) is 3.08. The van der Waals surface area contributed by atoms with Crippen LogP contribution in [-0.2, 0) is 25.7 Å². The van der Waals surface area contributed by atoms with Crippen LogP contribution in [0.4, 0.5) is 5.69 Å². The van der Waals surface area contributed by atoms with Crippen LogP contribution < -0.4 is 15.0 Å². The van der Waals surface area contributed by atoms with Gasteiger partial charge in [-0.3, -0.25) is 14.4 Å². The number of ether oxygens (including phenoxy) is 2. The van der Waals surface area contributed by atoms with Gasteiger partial charge in [-0.05, 0) is 43.2 Å². The molecule has 0 saturated carbocycles. The summed E-state index contributed by atoms with van der Waals surface area (Å²) >= 11 is 0. The first kappa shape index (κ1) is 22.3. The number of carbonyl (C=O) groups is 3. The number of nitrogens with one attached hydrogen (secondary N) is 1. The van der Waals surface area contributed by atoms with Crippen molar-refractivity contribution >= 4 is 23.5 Å². The minimum atomic E-state index is -0.883. The molecule has 7 heteroatoms. The highest BCUT2D eigenvalue weighted by Crippen LogP contribution is 2.28. The summed E-state index contributed by atoms with van der Waals surface area (Å²) in [7, 11) is 0. The van der Waals surface area contributed by atoms with Gasteiger partial charge in [0.05, 0.1) is 12.5 Å². The van der Waals surface area contributed by atoms with E-state index in [2.05, 4.69) is 5.32 Å². The normalized spacial score (nSPS) is 16.6. The van der Waals surface area contributed by atoms with E-state index in [9.17, 15) is 14.4 Å². The van der Waals surface area contributed by atoms with Crippen molar-refractivity contribution in [1.29, 1.82) is 0 Å². The van der Waals surface area contributed by atoms with Crippen molar-refractivity contribution in [3.8, 4) is 5.75 Å². The van der Waals surface area contributed by atoms with Crippen molar-refractivity contribution in [2.24, 2.45) is 5.92 Å². The monoisotopic (exact) mass is 424 g/mol. The molecule has 1 heterocycles. The van der Waals surface area contributed by atoms with Crippen LogP contribution in [-0.4, -0.2) is 37.0 Å². The second-order valence-corrected chi connectivity index (χ2v) is 7.37. The van der Waals surface area contributed by atoms with Crippen molar-refractivity contribution in [2.45, 2.75) is 39.3 Å². The molecule has 0 aromatic heterocycles. The fraction of sp³-hybridized carbons (Fsp3) is 0.375. The molecule has 1 aliphatic heterocycles. The third-order valence-corrected chi connectivity index (χ3v) is 5.15. The molecular weight excluding hydrogens is 396 g/mol. The topological polar surface area (TPSA) is 84.9 Å². The van der Waals surface area contributed by atoms with Gasteiger partial charge >= 0.3 is 5.97 Å². The molecule has 164 valence electrons. The van der Waals surface area contributed by atoms with Gasteiger partial charge in [-0.15, -0.1) is 0 Å². The summed E-state index contributed by atoms with van der Waals surface area (Å²) in [5.74, 6) is -0.889. The average Bonchev–Trinajstić information content (AvgIpc) is 3.19. The maximum absolute atomic E-state index is 12.7. The van der Waals surface area contributed by atoms with E-state index >= 15 is 0 Å². The molecule has 2 unspecified atom stereocenters. The number of rotatable bonds is 9. The number of carbonyl (C=O) groups excluding carboxylic acids is 3. The Labute approximate surface area is 182 Å². The molecule has 2 amide bonds. The van der Waals surface area contributed by atoms with E-state index in [1.807, 2.05) is 37.3 Å². The fourth-order valence-electron chi connectivity index (χ4n) is 3.46. The molecule has 2 atom stereocenters. The van der Waals surface area contributed by atoms with Crippen LogP contribution in [0.3, 0.4) is 0 Å². The number of benzene rings is 2. The first-order chi connectivity index (χ1) is 15.0. The lowest BCUT2D eigenvalue weighted by Crippen LogP contribution is -2.38. The zero-order valence-electron chi connectivity index (χ0n) is 17.9. The van der Waals surface area contributed by atoms with Gasteiger partial charge in [-0.2, -0.15) is 0 Å². The lowest BCUT2D eigenvalue weighted by Gasteiger charge is -2.19. The highest BCUT2D eigenvalue weighted by atomic mass is 16.5. The molecule has 1 N–H and O–H groups in total. The van der Waals surface area contributed by atoms with E-state index in [1.54, 1.807) is 36.1 Å². The van der Waals surface area contributed by atoms with Gasteiger partial charge in [0.2, 0.25) is 5.91 Å². The summed E-state index contributed by atoms with van der Waals surface area (Å²) in [5, 5.41) is 2.80. The molecular formula is C24H28N2O5. The van der Waals surface area contributed by atoms with Gasteiger partial charge in [0, 0.05) is 25.2 Å². The van der Waals surface area contributed by atoms with Crippen molar-refractivity contribution in [3.05, 3.63) is 60.2 Å². The van der Waals surface area contributed by atoms with E-state index in [1.165, 1.54) is 0 Å². The molecule has 0 aliphatic carbocycles. The number of hydrogen-bond donors (Lipinski definition) is 1. The van der Waals surface area contributed by atoms with Crippen LogP contribution >= 0.6 is 0 Å². The third kappa shape index (κ3) is 5.84. The number of esters is 1. The highest BCUT2D eigenvalue weighted by Gasteiger charge is 2.37. The number of anilines is 1. The predicted molar refractivity (Wildman–Crippen MR) is 117 cm³/mol. The number of hydrogen-bond acceptors (Lipinski definition) is 5. The van der Waals surface area contributed by atoms with Crippen LogP contribution in [0.2, 0.25) is 0 Å². The molecule has 0 bridgehead atoms. The van der Waals surface area contributed by atoms with E-state index in [4.69, 9.17) is 9.47 Å². The van der Waals surface area contributed by atoms with Gasteiger partial charge < -0.3 is 19.7 Å². The van der Waals surface area contributed by atoms with Crippen molar-refractivity contribution in [3.63, 3.8) is 0 Å². The van der Waals surface area contributed by atoms with E-state index in [0.717, 1.165) is 11.3 Å². The maximum Gasteiger partial charge on any atom is 0.312 e. The first-order valence-corrected chi connectivity index (χ1v) is 10.6. The van der Waals surface area contributed by atoms with Gasteiger partial charge in [0.25, 0.3) is 5.91 Å². The Kier molecular flexibility index (Phi) is 7.65. The Balaban J connectivity index is 1.55. The molecule has 2 aromatic carbocycles. The highest BCUT2D eigenvalue weighted by molar-refractivity contribution is 5.99. The summed E-state index contributed by atoms with van der Waals surface area (Å²) in [5.41, 5.74) is 1.67. The second kappa shape index (κ2) is 10.6. The summed E-state index contributed by atoms with van der Waals surface area (Å²) in [4.78, 5) is 39.1. The molecule has 1 aliphatic rings. The van der Waals surface area contributed by atoms with Crippen LogP contribution in [0.5, 0.6) is 5.75 Å². The Bertz CT molecular complexity index is 898. The number of nitrogens with zero attached hydrogens (tertiary/aromatic N) is 1. The zero-order chi connectivity index (χ0) is 22.2. The Morgan fingerprint density at radius 3 is 2.45 bits per heavy atom. The molecule has 1 saturated heterocycles. The SMILES string of the molecule is CCOc1ccc(N2CC(C(=O)OC(CC)C(=O)NCc3ccccc3)CC2=O)cc1. The molecule has 3 rings (SSSR count).